The van der Waals surface area contributed by atoms with Crippen molar-refractivity contribution < 1.29 is 9.53 Å². The van der Waals surface area contributed by atoms with Crippen molar-refractivity contribution in [3.8, 4) is 5.75 Å². The molecule has 0 bridgehead atoms. The standard InChI is InChI=1S/C18H18Cl3N3O2/c19-12-1-4-15(5-2-12)26-11-14-10-22-7-8-24(14)18(25)23-13-3-6-16(20)17(21)9-13/h1-6,9,14,22H,7-8,10-11H2,(H,23,25). The predicted molar refractivity (Wildman–Crippen MR) is 106 cm³/mol. The van der Waals surface area contributed by atoms with Gasteiger partial charge in [0.2, 0.25) is 0 Å². The van der Waals surface area contributed by atoms with Crippen molar-refractivity contribution in [2.45, 2.75) is 6.04 Å². The Labute approximate surface area is 167 Å². The molecule has 1 saturated heterocycles. The van der Waals surface area contributed by atoms with Gasteiger partial charge in [-0.05, 0) is 42.5 Å². The number of nitrogens with zero attached hydrogens (tertiary/aromatic N) is 1. The molecule has 1 aliphatic rings. The van der Waals surface area contributed by atoms with Gasteiger partial charge in [-0.2, -0.15) is 0 Å². The number of carbonyl (C=O) groups is 1. The van der Waals surface area contributed by atoms with Gasteiger partial charge in [0.25, 0.3) is 0 Å². The van der Waals surface area contributed by atoms with Crippen LogP contribution in [0.5, 0.6) is 5.75 Å². The topological polar surface area (TPSA) is 53.6 Å². The summed E-state index contributed by atoms with van der Waals surface area (Å²) in [5.41, 5.74) is 0.598. The van der Waals surface area contributed by atoms with Gasteiger partial charge in [0.05, 0.1) is 16.1 Å². The first-order valence-corrected chi connectivity index (χ1v) is 9.28. The molecule has 2 N–H and O–H groups in total. The smallest absolute Gasteiger partial charge is 0.322 e. The van der Waals surface area contributed by atoms with E-state index in [-0.39, 0.29) is 12.1 Å². The summed E-state index contributed by atoms with van der Waals surface area (Å²) >= 11 is 17.8. The van der Waals surface area contributed by atoms with Crippen molar-refractivity contribution >= 4 is 46.5 Å². The lowest BCUT2D eigenvalue weighted by atomic mass is 10.2. The number of benzene rings is 2. The van der Waals surface area contributed by atoms with E-state index in [1.807, 2.05) is 0 Å². The summed E-state index contributed by atoms with van der Waals surface area (Å²) < 4.78 is 5.81. The Hall–Kier alpha value is -1.66. The van der Waals surface area contributed by atoms with Crippen LogP contribution in [0.2, 0.25) is 15.1 Å². The van der Waals surface area contributed by atoms with E-state index >= 15 is 0 Å². The largest absolute Gasteiger partial charge is 0.491 e. The second kappa shape index (κ2) is 8.82. The first-order valence-electron chi connectivity index (χ1n) is 8.14. The monoisotopic (exact) mass is 413 g/mol. The summed E-state index contributed by atoms with van der Waals surface area (Å²) in [4.78, 5) is 14.4. The highest BCUT2D eigenvalue weighted by Crippen LogP contribution is 2.25. The molecular weight excluding hydrogens is 397 g/mol. The van der Waals surface area contributed by atoms with Crippen molar-refractivity contribution in [2.24, 2.45) is 0 Å². The maximum atomic E-state index is 12.7. The first-order chi connectivity index (χ1) is 12.5. The second-order valence-corrected chi connectivity index (χ2v) is 7.13. The van der Waals surface area contributed by atoms with Crippen molar-refractivity contribution in [1.82, 2.24) is 10.2 Å². The molecule has 138 valence electrons. The van der Waals surface area contributed by atoms with E-state index in [0.29, 0.717) is 46.2 Å². The molecule has 8 heteroatoms. The number of rotatable bonds is 4. The van der Waals surface area contributed by atoms with Gasteiger partial charge in [0.1, 0.15) is 12.4 Å². The van der Waals surface area contributed by atoms with Gasteiger partial charge in [-0.15, -0.1) is 0 Å². The average Bonchev–Trinajstić information content (AvgIpc) is 2.64. The molecule has 0 aliphatic carbocycles. The number of hydrogen-bond donors (Lipinski definition) is 2. The predicted octanol–water partition coefficient (Wildman–Crippen LogP) is 4.53. The summed E-state index contributed by atoms with van der Waals surface area (Å²) in [6.45, 7) is 2.35. The molecule has 5 nitrogen and oxygen atoms in total. The van der Waals surface area contributed by atoms with Crippen LogP contribution in [-0.2, 0) is 0 Å². The van der Waals surface area contributed by atoms with Crippen molar-refractivity contribution in [3.63, 3.8) is 0 Å². The first kappa shape index (κ1) is 19.1. The fourth-order valence-electron chi connectivity index (χ4n) is 2.67. The number of urea groups is 1. The van der Waals surface area contributed by atoms with E-state index in [9.17, 15) is 4.79 Å². The molecule has 0 aromatic heterocycles. The highest BCUT2D eigenvalue weighted by Gasteiger charge is 2.27. The van der Waals surface area contributed by atoms with Crippen LogP contribution in [0.3, 0.4) is 0 Å². The Morgan fingerprint density at radius 3 is 2.65 bits per heavy atom. The van der Waals surface area contributed by atoms with Crippen LogP contribution in [0.4, 0.5) is 10.5 Å². The maximum absolute atomic E-state index is 12.7. The lowest BCUT2D eigenvalue weighted by molar-refractivity contribution is 0.133. The molecule has 1 fully saturated rings. The molecule has 3 rings (SSSR count). The van der Waals surface area contributed by atoms with Gasteiger partial charge in [-0.1, -0.05) is 34.8 Å². The third-order valence-corrected chi connectivity index (χ3v) is 5.03. The average molecular weight is 415 g/mol. The van der Waals surface area contributed by atoms with E-state index in [4.69, 9.17) is 39.5 Å². The number of hydrogen-bond acceptors (Lipinski definition) is 3. The Morgan fingerprint density at radius 1 is 1.15 bits per heavy atom. The summed E-state index contributed by atoms with van der Waals surface area (Å²) in [5.74, 6) is 0.713. The molecule has 1 atom stereocenters. The quantitative estimate of drug-likeness (QED) is 0.773. The SMILES string of the molecule is O=C(Nc1ccc(Cl)c(Cl)c1)N1CCNCC1COc1ccc(Cl)cc1. The second-order valence-electron chi connectivity index (χ2n) is 5.88. The van der Waals surface area contributed by atoms with Gasteiger partial charge in [0, 0.05) is 30.3 Å². The van der Waals surface area contributed by atoms with Crippen LogP contribution in [-0.4, -0.2) is 43.2 Å². The number of amides is 2. The molecule has 0 radical (unpaired) electrons. The van der Waals surface area contributed by atoms with E-state index in [1.54, 1.807) is 47.4 Å². The minimum atomic E-state index is -0.199. The van der Waals surface area contributed by atoms with Crippen LogP contribution >= 0.6 is 34.8 Å². The number of carbonyl (C=O) groups excluding carboxylic acids is 1. The molecule has 1 unspecified atom stereocenters. The van der Waals surface area contributed by atoms with Crippen LogP contribution in [0, 0.1) is 0 Å². The minimum Gasteiger partial charge on any atom is -0.491 e. The van der Waals surface area contributed by atoms with Crippen LogP contribution in [0.15, 0.2) is 42.5 Å². The number of ether oxygens (including phenoxy) is 1. The molecule has 2 amide bonds. The highest BCUT2D eigenvalue weighted by atomic mass is 35.5. The number of halogens is 3. The minimum absolute atomic E-state index is 0.0952. The van der Waals surface area contributed by atoms with Gasteiger partial charge in [-0.3, -0.25) is 0 Å². The van der Waals surface area contributed by atoms with E-state index in [1.165, 1.54) is 0 Å². The zero-order valence-corrected chi connectivity index (χ0v) is 16.1. The number of nitrogens with one attached hydrogen (secondary N) is 2. The Kier molecular flexibility index (Phi) is 6.48. The summed E-state index contributed by atoms with van der Waals surface area (Å²) in [7, 11) is 0. The third-order valence-electron chi connectivity index (χ3n) is 4.04. The summed E-state index contributed by atoms with van der Waals surface area (Å²) in [6, 6.07) is 11.8. The molecular formula is C18H18Cl3N3O2. The molecule has 2 aromatic carbocycles. The van der Waals surface area contributed by atoms with Crippen LogP contribution in [0.1, 0.15) is 0 Å². The molecule has 1 heterocycles. The van der Waals surface area contributed by atoms with Gasteiger partial charge in [-0.25, -0.2) is 4.79 Å². The van der Waals surface area contributed by atoms with Crippen molar-refractivity contribution in [2.75, 3.05) is 31.6 Å². The van der Waals surface area contributed by atoms with Gasteiger partial charge in [0.15, 0.2) is 0 Å². The zero-order chi connectivity index (χ0) is 18.5. The van der Waals surface area contributed by atoms with Gasteiger partial charge < -0.3 is 20.3 Å². The van der Waals surface area contributed by atoms with Crippen molar-refractivity contribution in [3.05, 3.63) is 57.5 Å². The number of anilines is 1. The zero-order valence-electron chi connectivity index (χ0n) is 13.8. The lowest BCUT2D eigenvalue weighted by Crippen LogP contribution is -2.57. The third kappa shape index (κ3) is 4.95. The van der Waals surface area contributed by atoms with E-state index in [0.717, 1.165) is 6.54 Å². The van der Waals surface area contributed by atoms with Gasteiger partial charge >= 0.3 is 6.03 Å². The normalized spacial score (nSPS) is 17.0. The highest BCUT2D eigenvalue weighted by molar-refractivity contribution is 6.42. The Bertz CT molecular complexity index is 771. The molecule has 2 aromatic rings. The molecule has 0 spiro atoms. The van der Waals surface area contributed by atoms with E-state index in [2.05, 4.69) is 10.6 Å². The lowest BCUT2D eigenvalue weighted by Gasteiger charge is -2.36. The van der Waals surface area contributed by atoms with Crippen molar-refractivity contribution in [1.29, 1.82) is 0 Å². The fourth-order valence-corrected chi connectivity index (χ4v) is 3.09. The molecule has 1 aliphatic heterocycles. The molecule has 0 saturated carbocycles. The Balaban J connectivity index is 1.62. The summed E-state index contributed by atoms with van der Waals surface area (Å²) in [6.07, 6.45) is 0. The Morgan fingerprint density at radius 2 is 1.92 bits per heavy atom. The van der Waals surface area contributed by atoms with E-state index < -0.39 is 0 Å². The summed E-state index contributed by atoms with van der Waals surface area (Å²) in [5, 5.41) is 7.64. The molecule has 26 heavy (non-hydrogen) atoms. The number of piperazine rings is 1. The maximum Gasteiger partial charge on any atom is 0.322 e. The van der Waals surface area contributed by atoms with Crippen LogP contribution < -0.4 is 15.4 Å². The fraction of sp³-hybridized carbons (Fsp3) is 0.278. The van der Waals surface area contributed by atoms with Crippen LogP contribution in [0.25, 0.3) is 0 Å².